The van der Waals surface area contributed by atoms with Gasteiger partial charge in [0.25, 0.3) is 0 Å². The molecule has 1 unspecified atom stereocenters. The van der Waals surface area contributed by atoms with Crippen molar-refractivity contribution < 1.29 is 13.2 Å². The van der Waals surface area contributed by atoms with Gasteiger partial charge in [-0.1, -0.05) is 49.9 Å². The highest BCUT2D eigenvalue weighted by Crippen LogP contribution is 2.27. The quantitative estimate of drug-likeness (QED) is 0.723. The van der Waals surface area contributed by atoms with Crippen molar-refractivity contribution in [2.24, 2.45) is 5.92 Å². The maximum atomic E-state index is 12.7. The molecule has 1 fully saturated rings. The molecule has 1 amide bonds. The first-order valence-electron chi connectivity index (χ1n) is 8.48. The third-order valence-electron chi connectivity index (χ3n) is 4.42. The Hall–Kier alpha value is -0.820. The topological polar surface area (TPSA) is 57.7 Å². The van der Waals surface area contributed by atoms with Crippen molar-refractivity contribution in [3.63, 3.8) is 0 Å². The van der Waals surface area contributed by atoms with Gasteiger partial charge in [-0.3, -0.25) is 4.79 Å². The highest BCUT2D eigenvalue weighted by molar-refractivity contribution is 7.89. The van der Waals surface area contributed by atoms with Gasteiger partial charge in [-0.05, 0) is 24.1 Å². The number of halogens is 2. The molecule has 1 aromatic carbocycles. The summed E-state index contributed by atoms with van der Waals surface area (Å²) >= 11 is 11.8. The van der Waals surface area contributed by atoms with Gasteiger partial charge < -0.3 is 4.90 Å². The van der Waals surface area contributed by atoms with E-state index < -0.39 is 10.0 Å². The van der Waals surface area contributed by atoms with Crippen molar-refractivity contribution in [2.45, 2.75) is 38.0 Å². The van der Waals surface area contributed by atoms with Crippen LogP contribution >= 0.6 is 23.2 Å². The molecule has 1 aliphatic heterocycles. The average molecular weight is 407 g/mol. The number of piperazine rings is 1. The molecule has 25 heavy (non-hydrogen) atoms. The molecule has 1 heterocycles. The van der Waals surface area contributed by atoms with Crippen LogP contribution in [-0.2, 0) is 14.8 Å². The minimum absolute atomic E-state index is 0.104. The van der Waals surface area contributed by atoms with E-state index >= 15 is 0 Å². The molecule has 2 rings (SSSR count). The molecule has 0 radical (unpaired) electrons. The molecule has 0 aromatic heterocycles. The molecule has 1 aliphatic rings. The zero-order valence-corrected chi connectivity index (χ0v) is 16.9. The van der Waals surface area contributed by atoms with E-state index in [0.29, 0.717) is 30.5 Å². The third-order valence-corrected chi connectivity index (χ3v) is 7.06. The largest absolute Gasteiger partial charge is 0.340 e. The number of nitrogens with zero attached hydrogens (tertiary/aromatic N) is 2. The van der Waals surface area contributed by atoms with E-state index in [9.17, 15) is 13.2 Å². The molecule has 0 N–H and O–H groups in total. The lowest BCUT2D eigenvalue weighted by molar-refractivity contribution is -0.133. The lowest BCUT2D eigenvalue weighted by Crippen LogP contribution is -2.50. The highest BCUT2D eigenvalue weighted by atomic mass is 35.5. The van der Waals surface area contributed by atoms with E-state index in [1.54, 1.807) is 4.90 Å². The zero-order chi connectivity index (χ0) is 18.6. The summed E-state index contributed by atoms with van der Waals surface area (Å²) in [4.78, 5) is 14.2. The molecule has 5 nitrogen and oxygen atoms in total. The van der Waals surface area contributed by atoms with Gasteiger partial charge in [0.2, 0.25) is 15.9 Å². The first kappa shape index (κ1) is 20.5. The van der Waals surface area contributed by atoms with Gasteiger partial charge in [0.1, 0.15) is 0 Å². The van der Waals surface area contributed by atoms with Gasteiger partial charge in [0.05, 0.1) is 14.9 Å². The molecule has 1 aromatic rings. The van der Waals surface area contributed by atoms with Crippen LogP contribution in [0.4, 0.5) is 0 Å². The molecular weight excluding hydrogens is 383 g/mol. The van der Waals surface area contributed by atoms with Crippen molar-refractivity contribution >= 4 is 39.1 Å². The minimum Gasteiger partial charge on any atom is -0.340 e. The fourth-order valence-electron chi connectivity index (χ4n) is 2.99. The number of carbonyl (C=O) groups excluding carboxylic acids is 1. The summed E-state index contributed by atoms with van der Waals surface area (Å²) in [6.07, 6.45) is 2.61. The van der Waals surface area contributed by atoms with Crippen LogP contribution in [0.2, 0.25) is 10.0 Å². The summed E-state index contributed by atoms with van der Waals surface area (Å²) in [5.41, 5.74) is 0. The summed E-state index contributed by atoms with van der Waals surface area (Å²) in [5.74, 6) is 0.461. The van der Waals surface area contributed by atoms with Crippen molar-refractivity contribution in [3.8, 4) is 0 Å². The second-order valence-electron chi connectivity index (χ2n) is 6.46. The summed E-state index contributed by atoms with van der Waals surface area (Å²) in [6, 6.07) is 4.29. The Morgan fingerprint density at radius 2 is 1.80 bits per heavy atom. The lowest BCUT2D eigenvalue weighted by atomic mass is 10.0. The summed E-state index contributed by atoms with van der Waals surface area (Å²) in [6.45, 7) is 5.59. The molecule has 8 heteroatoms. The first-order valence-corrected chi connectivity index (χ1v) is 10.7. The van der Waals surface area contributed by atoms with Crippen LogP contribution in [0.5, 0.6) is 0 Å². The predicted molar refractivity (Wildman–Crippen MR) is 100 cm³/mol. The van der Waals surface area contributed by atoms with Crippen LogP contribution in [0, 0.1) is 5.92 Å². The number of sulfonamides is 1. The summed E-state index contributed by atoms with van der Waals surface area (Å²) < 4.78 is 26.8. The van der Waals surface area contributed by atoms with Crippen LogP contribution in [0.25, 0.3) is 0 Å². The fourth-order valence-corrected chi connectivity index (χ4v) is 4.80. The van der Waals surface area contributed by atoms with Crippen LogP contribution in [0.15, 0.2) is 23.1 Å². The van der Waals surface area contributed by atoms with Gasteiger partial charge in [-0.2, -0.15) is 4.31 Å². The molecular formula is C17H24Cl2N2O3S. The van der Waals surface area contributed by atoms with Gasteiger partial charge in [0, 0.05) is 32.6 Å². The zero-order valence-electron chi connectivity index (χ0n) is 14.5. The monoisotopic (exact) mass is 406 g/mol. The predicted octanol–water partition coefficient (Wildman–Crippen LogP) is 3.65. The second-order valence-corrected chi connectivity index (χ2v) is 9.21. The highest BCUT2D eigenvalue weighted by Gasteiger charge is 2.30. The summed E-state index contributed by atoms with van der Waals surface area (Å²) in [7, 11) is -3.63. The number of hydrogen-bond donors (Lipinski definition) is 0. The maximum Gasteiger partial charge on any atom is 0.243 e. The van der Waals surface area contributed by atoms with Gasteiger partial charge in [-0.15, -0.1) is 0 Å². The Morgan fingerprint density at radius 1 is 1.16 bits per heavy atom. The Balaban J connectivity index is 1.99. The van der Waals surface area contributed by atoms with E-state index in [-0.39, 0.29) is 28.9 Å². The Morgan fingerprint density at radius 3 is 2.36 bits per heavy atom. The van der Waals surface area contributed by atoms with E-state index in [1.807, 2.05) is 0 Å². The Labute approximate surface area is 159 Å². The molecule has 0 spiro atoms. The van der Waals surface area contributed by atoms with Gasteiger partial charge in [0.15, 0.2) is 0 Å². The average Bonchev–Trinajstić information content (AvgIpc) is 2.57. The second kappa shape index (κ2) is 8.71. The third kappa shape index (κ3) is 5.09. The number of rotatable bonds is 6. The molecule has 0 saturated carbocycles. The number of amides is 1. The fraction of sp³-hybridized carbons (Fsp3) is 0.588. The molecule has 140 valence electrons. The van der Waals surface area contributed by atoms with Gasteiger partial charge in [-0.25, -0.2) is 8.42 Å². The van der Waals surface area contributed by atoms with Crippen molar-refractivity contribution in [2.75, 3.05) is 26.2 Å². The van der Waals surface area contributed by atoms with Crippen LogP contribution in [-0.4, -0.2) is 49.7 Å². The van der Waals surface area contributed by atoms with Gasteiger partial charge >= 0.3 is 0 Å². The van der Waals surface area contributed by atoms with E-state index in [2.05, 4.69) is 13.8 Å². The van der Waals surface area contributed by atoms with E-state index in [4.69, 9.17) is 23.2 Å². The normalized spacial score (nSPS) is 17.5. The minimum atomic E-state index is -3.63. The van der Waals surface area contributed by atoms with E-state index in [1.165, 1.54) is 22.5 Å². The standard InChI is InChI=1S/C17H24Cl2N2O3S/c1-3-4-13(2)11-17(22)20-7-9-21(10-8-20)25(23,24)14-5-6-15(18)16(19)12-14/h5-6,12-13H,3-4,7-11H2,1-2H3. The number of hydrogen-bond acceptors (Lipinski definition) is 3. The first-order chi connectivity index (χ1) is 11.8. The van der Waals surface area contributed by atoms with Crippen molar-refractivity contribution in [1.82, 2.24) is 9.21 Å². The van der Waals surface area contributed by atoms with E-state index in [0.717, 1.165) is 12.8 Å². The SMILES string of the molecule is CCCC(C)CC(=O)N1CCN(S(=O)(=O)c2ccc(Cl)c(Cl)c2)CC1. The van der Waals surface area contributed by atoms with Crippen LogP contribution in [0.1, 0.15) is 33.1 Å². The van der Waals surface area contributed by atoms with Crippen molar-refractivity contribution in [3.05, 3.63) is 28.2 Å². The molecule has 0 bridgehead atoms. The molecule has 1 saturated heterocycles. The lowest BCUT2D eigenvalue weighted by Gasteiger charge is -2.34. The Kier molecular flexibility index (Phi) is 7.14. The van der Waals surface area contributed by atoms with Crippen LogP contribution in [0.3, 0.4) is 0 Å². The maximum absolute atomic E-state index is 12.7. The number of benzene rings is 1. The summed E-state index contributed by atoms with van der Waals surface area (Å²) in [5, 5.41) is 0.527. The molecule has 1 atom stereocenters. The smallest absolute Gasteiger partial charge is 0.243 e. The number of carbonyl (C=O) groups is 1. The molecule has 0 aliphatic carbocycles. The van der Waals surface area contributed by atoms with Crippen LogP contribution < -0.4 is 0 Å². The Bertz CT molecular complexity index is 717. The van der Waals surface area contributed by atoms with Crippen molar-refractivity contribution in [1.29, 1.82) is 0 Å².